The fraction of sp³-hybridized carbons (Fsp3) is 0.562. The van der Waals surface area contributed by atoms with Crippen molar-refractivity contribution >= 4 is 11.5 Å². The van der Waals surface area contributed by atoms with Crippen LogP contribution in [-0.2, 0) is 0 Å². The second-order valence-corrected chi connectivity index (χ2v) is 5.68. The molecule has 2 rings (SSSR count). The van der Waals surface area contributed by atoms with Crippen LogP contribution in [0.3, 0.4) is 0 Å². The maximum Gasteiger partial charge on any atom is 0.124 e. The molecule has 1 aliphatic carbocycles. The maximum atomic E-state index is 7.73. The van der Waals surface area contributed by atoms with Gasteiger partial charge in [0, 0.05) is 25.2 Å². The number of nitrogens with one attached hydrogen (secondary N) is 1. The average molecular weight is 275 g/mol. The van der Waals surface area contributed by atoms with Crippen LogP contribution in [0.15, 0.2) is 18.2 Å². The van der Waals surface area contributed by atoms with E-state index in [1.807, 2.05) is 18.2 Å². The van der Waals surface area contributed by atoms with Crippen molar-refractivity contribution in [3.63, 3.8) is 0 Å². The quantitative estimate of drug-likeness (QED) is 0.641. The lowest BCUT2D eigenvalue weighted by Gasteiger charge is -2.29. The molecule has 20 heavy (non-hydrogen) atoms. The summed E-state index contributed by atoms with van der Waals surface area (Å²) in [6.07, 6.45) is 6.68. The van der Waals surface area contributed by atoms with Gasteiger partial charge in [-0.25, -0.2) is 0 Å². The molecular formula is C16H25N3O. The van der Waals surface area contributed by atoms with Crippen molar-refractivity contribution in [1.82, 2.24) is 0 Å². The average Bonchev–Trinajstić information content (AvgIpc) is 2.47. The lowest BCUT2D eigenvalue weighted by molar-refractivity contribution is 0.362. The summed E-state index contributed by atoms with van der Waals surface area (Å²) in [6, 6.07) is 5.70. The highest BCUT2D eigenvalue weighted by molar-refractivity contribution is 6.00. The van der Waals surface area contributed by atoms with Gasteiger partial charge in [-0.1, -0.05) is 19.3 Å². The Kier molecular flexibility index (Phi) is 4.88. The van der Waals surface area contributed by atoms with Gasteiger partial charge >= 0.3 is 0 Å². The molecular weight excluding hydrogens is 250 g/mol. The third-order valence-electron chi connectivity index (χ3n) is 4.16. The van der Waals surface area contributed by atoms with E-state index in [4.69, 9.17) is 15.9 Å². The Hall–Kier alpha value is -1.71. The number of ether oxygens (including phenoxy) is 1. The summed E-state index contributed by atoms with van der Waals surface area (Å²) in [5, 5.41) is 7.73. The summed E-state index contributed by atoms with van der Waals surface area (Å²) >= 11 is 0. The molecule has 0 aliphatic heterocycles. The number of methoxy groups -OCH3 is 1. The zero-order chi connectivity index (χ0) is 14.5. The van der Waals surface area contributed by atoms with Crippen LogP contribution in [0.2, 0.25) is 0 Å². The summed E-state index contributed by atoms with van der Waals surface area (Å²) in [6.45, 7) is 1.02. The number of benzene rings is 1. The monoisotopic (exact) mass is 275 g/mol. The first-order valence-electron chi connectivity index (χ1n) is 7.35. The summed E-state index contributed by atoms with van der Waals surface area (Å²) in [4.78, 5) is 2.22. The van der Waals surface area contributed by atoms with Crippen molar-refractivity contribution in [2.75, 3.05) is 25.6 Å². The van der Waals surface area contributed by atoms with E-state index in [0.29, 0.717) is 0 Å². The van der Waals surface area contributed by atoms with E-state index in [9.17, 15) is 0 Å². The van der Waals surface area contributed by atoms with Crippen molar-refractivity contribution in [1.29, 1.82) is 5.41 Å². The van der Waals surface area contributed by atoms with Crippen molar-refractivity contribution in [2.24, 2.45) is 11.7 Å². The van der Waals surface area contributed by atoms with Crippen LogP contribution in [0.1, 0.15) is 37.7 Å². The molecule has 4 heteroatoms. The van der Waals surface area contributed by atoms with Crippen molar-refractivity contribution < 1.29 is 4.74 Å². The molecule has 3 N–H and O–H groups in total. The van der Waals surface area contributed by atoms with Gasteiger partial charge in [-0.15, -0.1) is 0 Å². The topological polar surface area (TPSA) is 62.3 Å². The number of nitrogens with zero attached hydrogens (tertiary/aromatic N) is 1. The zero-order valence-electron chi connectivity index (χ0n) is 12.5. The van der Waals surface area contributed by atoms with Crippen molar-refractivity contribution in [3.8, 4) is 5.75 Å². The van der Waals surface area contributed by atoms with Crippen LogP contribution in [0.4, 0.5) is 5.69 Å². The molecule has 0 saturated heterocycles. The first kappa shape index (κ1) is 14.7. The van der Waals surface area contributed by atoms with Gasteiger partial charge < -0.3 is 15.4 Å². The largest absolute Gasteiger partial charge is 0.497 e. The molecule has 0 bridgehead atoms. The molecule has 0 atom stereocenters. The molecule has 110 valence electrons. The Balaban J connectivity index is 2.17. The van der Waals surface area contributed by atoms with E-state index in [1.54, 1.807) is 7.11 Å². The minimum atomic E-state index is 0.109. The van der Waals surface area contributed by atoms with Crippen molar-refractivity contribution in [2.45, 2.75) is 32.1 Å². The highest BCUT2D eigenvalue weighted by atomic mass is 16.5. The van der Waals surface area contributed by atoms with Gasteiger partial charge in [0.1, 0.15) is 11.6 Å². The van der Waals surface area contributed by atoms with Gasteiger partial charge in [-0.3, -0.25) is 5.41 Å². The molecule has 0 spiro atoms. The number of anilines is 1. The highest BCUT2D eigenvalue weighted by Crippen LogP contribution is 2.29. The molecule has 1 aromatic carbocycles. The Morgan fingerprint density at radius 2 is 2.05 bits per heavy atom. The first-order chi connectivity index (χ1) is 9.61. The van der Waals surface area contributed by atoms with Gasteiger partial charge in [0.2, 0.25) is 0 Å². The maximum absolute atomic E-state index is 7.73. The second-order valence-electron chi connectivity index (χ2n) is 5.68. The Labute approximate surface area is 121 Å². The Bertz CT molecular complexity index is 467. The van der Waals surface area contributed by atoms with Crippen molar-refractivity contribution in [3.05, 3.63) is 23.8 Å². The van der Waals surface area contributed by atoms with E-state index >= 15 is 0 Å². The lowest BCUT2D eigenvalue weighted by Crippen LogP contribution is -2.29. The lowest BCUT2D eigenvalue weighted by atomic mass is 9.89. The molecule has 4 nitrogen and oxygen atoms in total. The SMILES string of the molecule is COc1ccc(C(=N)N)c(N(C)CC2CCCCC2)c1. The summed E-state index contributed by atoms with van der Waals surface area (Å²) in [7, 11) is 3.74. The summed E-state index contributed by atoms with van der Waals surface area (Å²) in [5.41, 5.74) is 7.46. The molecule has 1 aromatic rings. The molecule has 0 unspecified atom stereocenters. The number of hydrogen-bond donors (Lipinski definition) is 2. The van der Waals surface area contributed by atoms with E-state index in [2.05, 4.69) is 11.9 Å². The van der Waals surface area contributed by atoms with Gasteiger partial charge in [0.25, 0.3) is 0 Å². The van der Waals surface area contributed by atoms with Gasteiger partial charge in [0.15, 0.2) is 0 Å². The predicted molar refractivity (Wildman–Crippen MR) is 83.9 cm³/mol. The third kappa shape index (κ3) is 3.44. The molecule has 0 heterocycles. The smallest absolute Gasteiger partial charge is 0.124 e. The molecule has 1 saturated carbocycles. The van der Waals surface area contributed by atoms with Gasteiger partial charge in [-0.05, 0) is 30.9 Å². The van der Waals surface area contributed by atoms with Gasteiger partial charge in [0.05, 0.1) is 12.8 Å². The fourth-order valence-electron chi connectivity index (χ4n) is 3.04. The van der Waals surface area contributed by atoms with E-state index < -0.39 is 0 Å². The summed E-state index contributed by atoms with van der Waals surface area (Å²) < 4.78 is 5.29. The number of nitrogen functional groups attached to an aromatic ring is 1. The minimum Gasteiger partial charge on any atom is -0.497 e. The standard InChI is InChI=1S/C16H25N3O/c1-19(11-12-6-4-3-5-7-12)15-10-13(20-2)8-9-14(15)16(17)18/h8-10,12H,3-7,11H2,1-2H3,(H3,17,18). The van der Waals surface area contributed by atoms with Gasteiger partial charge in [-0.2, -0.15) is 0 Å². The van der Waals surface area contributed by atoms with Crippen LogP contribution in [0, 0.1) is 11.3 Å². The minimum absolute atomic E-state index is 0.109. The normalized spacial score (nSPS) is 15.9. The molecule has 1 fully saturated rings. The highest BCUT2D eigenvalue weighted by Gasteiger charge is 2.18. The fourth-order valence-corrected chi connectivity index (χ4v) is 3.04. The molecule has 1 aliphatic rings. The molecule has 0 aromatic heterocycles. The number of hydrogen-bond acceptors (Lipinski definition) is 3. The second kappa shape index (κ2) is 6.64. The number of amidine groups is 1. The Morgan fingerprint density at radius 3 is 2.65 bits per heavy atom. The molecule has 0 amide bonds. The third-order valence-corrected chi connectivity index (χ3v) is 4.16. The number of rotatable bonds is 5. The first-order valence-corrected chi connectivity index (χ1v) is 7.35. The Morgan fingerprint density at radius 1 is 1.35 bits per heavy atom. The van der Waals surface area contributed by atoms with E-state index in [1.165, 1.54) is 32.1 Å². The summed E-state index contributed by atoms with van der Waals surface area (Å²) in [5.74, 6) is 1.67. The number of nitrogens with two attached hydrogens (primary N) is 1. The zero-order valence-corrected chi connectivity index (χ0v) is 12.5. The van der Waals surface area contributed by atoms with Crippen LogP contribution in [0.5, 0.6) is 5.75 Å². The van der Waals surface area contributed by atoms with Crippen LogP contribution >= 0.6 is 0 Å². The van der Waals surface area contributed by atoms with E-state index in [0.717, 1.165) is 29.5 Å². The van der Waals surface area contributed by atoms with E-state index in [-0.39, 0.29) is 5.84 Å². The molecule has 0 radical (unpaired) electrons. The predicted octanol–water partition coefficient (Wildman–Crippen LogP) is 3.00. The van der Waals surface area contributed by atoms with Crippen LogP contribution < -0.4 is 15.4 Å². The van der Waals surface area contributed by atoms with Crippen LogP contribution in [-0.4, -0.2) is 26.5 Å². The van der Waals surface area contributed by atoms with Crippen LogP contribution in [0.25, 0.3) is 0 Å².